The summed E-state index contributed by atoms with van der Waals surface area (Å²) in [5.74, 6) is 0. The average molecular weight is 430 g/mol. The van der Waals surface area contributed by atoms with E-state index in [1.165, 1.54) is 15.6 Å². The molecule has 0 bridgehead atoms. The van der Waals surface area contributed by atoms with E-state index in [0.29, 0.717) is 17.2 Å². The largest absolute Gasteiger partial charge is 0.335 e. The third-order valence-electron chi connectivity index (χ3n) is 4.92. The number of carbonyl (C=O) groups excluding carboxylic acids is 1. The van der Waals surface area contributed by atoms with Gasteiger partial charge in [-0.15, -0.1) is 11.3 Å². The number of amides is 1. The van der Waals surface area contributed by atoms with Crippen LogP contribution in [0, 0.1) is 0 Å². The summed E-state index contributed by atoms with van der Waals surface area (Å²) in [7, 11) is -3.58. The molecule has 2 aromatic heterocycles. The molecule has 6 nitrogen and oxygen atoms in total. The maximum Gasteiger partial charge on any atom is 0.326 e. The van der Waals surface area contributed by atoms with Gasteiger partial charge in [-0.1, -0.05) is 36.4 Å². The Morgan fingerprint density at radius 1 is 1.14 bits per heavy atom. The highest BCUT2D eigenvalue weighted by Crippen LogP contribution is 2.32. The molecule has 29 heavy (non-hydrogen) atoms. The van der Waals surface area contributed by atoms with Crippen molar-refractivity contribution in [2.75, 3.05) is 6.54 Å². The third kappa shape index (κ3) is 3.75. The number of rotatable bonds is 4. The number of aromatic nitrogens is 1. The zero-order chi connectivity index (χ0) is 20.6. The molecule has 0 unspecified atom stereocenters. The minimum absolute atomic E-state index is 0.0290. The summed E-state index contributed by atoms with van der Waals surface area (Å²) in [6, 6.07) is 14.8. The van der Waals surface area contributed by atoms with Crippen LogP contribution in [0.1, 0.15) is 25.1 Å². The topological polar surface area (TPSA) is 71.4 Å². The van der Waals surface area contributed by atoms with Crippen LogP contribution >= 0.6 is 11.3 Å². The van der Waals surface area contributed by atoms with Gasteiger partial charge < -0.3 is 5.32 Å². The highest BCUT2D eigenvalue weighted by Gasteiger charge is 2.33. The van der Waals surface area contributed by atoms with E-state index in [-0.39, 0.29) is 18.6 Å². The summed E-state index contributed by atoms with van der Waals surface area (Å²) in [6.07, 6.45) is 0.571. The second-order valence-corrected chi connectivity index (χ2v) is 10.4. The van der Waals surface area contributed by atoms with Crippen molar-refractivity contribution in [3.05, 3.63) is 65.2 Å². The zero-order valence-corrected chi connectivity index (χ0v) is 18.0. The molecule has 0 saturated carbocycles. The second-order valence-electron chi connectivity index (χ2n) is 7.33. The number of hydrogen-bond donors (Lipinski definition) is 1. The van der Waals surface area contributed by atoms with Crippen molar-refractivity contribution in [2.24, 2.45) is 0 Å². The molecule has 0 fully saturated rings. The Balaban J connectivity index is 1.78. The van der Waals surface area contributed by atoms with E-state index in [1.807, 2.05) is 50.2 Å². The molecule has 4 rings (SSSR count). The highest BCUT2D eigenvalue weighted by atomic mass is 32.2. The number of fused-ring (bicyclic) bond motifs is 1. The van der Waals surface area contributed by atoms with E-state index in [1.54, 1.807) is 22.1 Å². The van der Waals surface area contributed by atoms with Crippen LogP contribution < -0.4 is 5.32 Å². The molecule has 8 heteroatoms. The highest BCUT2D eigenvalue weighted by molar-refractivity contribution is 7.91. The summed E-state index contributed by atoms with van der Waals surface area (Å²) in [5.41, 5.74) is 3.45. The molecule has 0 saturated heterocycles. The average Bonchev–Trinajstić information content (AvgIpc) is 3.36. The van der Waals surface area contributed by atoms with Gasteiger partial charge in [0.15, 0.2) is 0 Å². The van der Waals surface area contributed by atoms with Gasteiger partial charge in [0, 0.05) is 18.3 Å². The first-order valence-corrected chi connectivity index (χ1v) is 11.8. The molecule has 1 aliphatic heterocycles. The molecular formula is C21H23N3O3S2. The lowest BCUT2D eigenvalue weighted by Crippen LogP contribution is -2.39. The molecule has 1 amide bonds. The maximum absolute atomic E-state index is 13.1. The molecule has 0 atom stereocenters. The first-order chi connectivity index (χ1) is 13.9. The number of hydrogen-bond acceptors (Lipinski definition) is 4. The van der Waals surface area contributed by atoms with Crippen LogP contribution in [0.5, 0.6) is 0 Å². The van der Waals surface area contributed by atoms with Gasteiger partial charge in [-0.3, -0.25) is 4.57 Å². The lowest BCUT2D eigenvalue weighted by atomic mass is 10.1. The molecule has 0 spiro atoms. The lowest BCUT2D eigenvalue weighted by molar-refractivity contribution is 0.238. The normalized spacial score (nSPS) is 14.7. The van der Waals surface area contributed by atoms with Gasteiger partial charge >= 0.3 is 6.03 Å². The minimum atomic E-state index is -3.58. The smallest absolute Gasteiger partial charge is 0.326 e. The number of nitrogens with one attached hydrogen (secondary N) is 1. The zero-order valence-electron chi connectivity index (χ0n) is 16.3. The molecular weight excluding hydrogens is 406 g/mol. The number of benzene rings is 1. The van der Waals surface area contributed by atoms with E-state index in [2.05, 4.69) is 5.32 Å². The third-order valence-corrected chi connectivity index (χ3v) is 8.14. The van der Waals surface area contributed by atoms with Crippen LogP contribution in [0.15, 0.2) is 58.1 Å². The predicted molar refractivity (Wildman–Crippen MR) is 115 cm³/mol. The van der Waals surface area contributed by atoms with E-state index in [9.17, 15) is 13.2 Å². The van der Waals surface area contributed by atoms with Crippen LogP contribution in [0.3, 0.4) is 0 Å². The Morgan fingerprint density at radius 2 is 1.90 bits per heavy atom. The summed E-state index contributed by atoms with van der Waals surface area (Å²) >= 11 is 1.21. The fourth-order valence-electron chi connectivity index (χ4n) is 3.59. The predicted octanol–water partition coefficient (Wildman–Crippen LogP) is 3.93. The summed E-state index contributed by atoms with van der Waals surface area (Å²) in [5, 5.41) is 4.70. The first kappa shape index (κ1) is 19.9. The Kier molecular flexibility index (Phi) is 5.33. The van der Waals surface area contributed by atoms with Gasteiger partial charge in [-0.2, -0.15) is 4.31 Å². The van der Waals surface area contributed by atoms with E-state index < -0.39 is 10.0 Å². The van der Waals surface area contributed by atoms with Crippen molar-refractivity contribution in [2.45, 2.75) is 37.1 Å². The molecule has 0 radical (unpaired) electrons. The number of carbonyl (C=O) groups is 1. The van der Waals surface area contributed by atoms with Gasteiger partial charge in [0.2, 0.25) is 0 Å². The van der Waals surface area contributed by atoms with Crippen molar-refractivity contribution in [1.82, 2.24) is 14.2 Å². The molecule has 1 N–H and O–H groups in total. The van der Waals surface area contributed by atoms with Gasteiger partial charge in [0.1, 0.15) is 4.21 Å². The van der Waals surface area contributed by atoms with Crippen LogP contribution in [-0.4, -0.2) is 35.9 Å². The Labute approximate surface area is 174 Å². The van der Waals surface area contributed by atoms with Gasteiger partial charge in [0.05, 0.1) is 12.2 Å². The van der Waals surface area contributed by atoms with Crippen LogP contribution in [0.2, 0.25) is 0 Å². The van der Waals surface area contributed by atoms with E-state index >= 15 is 0 Å². The molecule has 152 valence electrons. The molecule has 0 aliphatic carbocycles. The summed E-state index contributed by atoms with van der Waals surface area (Å²) in [6.45, 7) is 4.39. The standard InChI is InChI=1S/C21H23N3O3S2/c1-15(2)22-21(25)24-18(16-7-4-3-5-8-16)13-17-10-11-23(14-19(17)24)29(26,27)20-9-6-12-28-20/h3-9,12-13,15H,10-11,14H2,1-2H3,(H,22,25). The summed E-state index contributed by atoms with van der Waals surface area (Å²) in [4.78, 5) is 13.1. The fourth-order valence-corrected chi connectivity index (χ4v) is 6.14. The SMILES string of the molecule is CC(C)NC(=O)n1c(-c2ccccc2)cc2c1CN(S(=O)(=O)c1cccs1)CC2. The lowest BCUT2D eigenvalue weighted by Gasteiger charge is -2.27. The number of thiophene rings is 1. The second kappa shape index (κ2) is 7.78. The molecule has 3 heterocycles. The van der Waals surface area contributed by atoms with Crippen LogP contribution in [0.25, 0.3) is 11.3 Å². The maximum atomic E-state index is 13.1. The number of nitrogens with zero attached hydrogens (tertiary/aromatic N) is 2. The van der Waals surface area contributed by atoms with Crippen molar-refractivity contribution in [1.29, 1.82) is 0 Å². The first-order valence-electron chi connectivity index (χ1n) is 9.51. The van der Waals surface area contributed by atoms with Crippen molar-refractivity contribution < 1.29 is 13.2 Å². The van der Waals surface area contributed by atoms with Crippen molar-refractivity contribution in [3.63, 3.8) is 0 Å². The quantitative estimate of drug-likeness (QED) is 0.683. The number of sulfonamides is 1. The Bertz CT molecular complexity index is 1120. The van der Waals surface area contributed by atoms with Gasteiger partial charge in [0.25, 0.3) is 10.0 Å². The van der Waals surface area contributed by atoms with Crippen molar-refractivity contribution in [3.8, 4) is 11.3 Å². The monoisotopic (exact) mass is 429 g/mol. The summed E-state index contributed by atoms with van der Waals surface area (Å²) < 4.78 is 29.5. The Morgan fingerprint density at radius 3 is 2.55 bits per heavy atom. The molecule has 1 aromatic carbocycles. The Hall–Kier alpha value is -2.42. The molecule has 1 aliphatic rings. The van der Waals surface area contributed by atoms with Gasteiger partial charge in [-0.25, -0.2) is 13.2 Å². The van der Waals surface area contributed by atoms with E-state index in [4.69, 9.17) is 0 Å². The van der Waals surface area contributed by atoms with Crippen LogP contribution in [0.4, 0.5) is 4.79 Å². The minimum Gasteiger partial charge on any atom is -0.335 e. The van der Waals surface area contributed by atoms with Crippen molar-refractivity contribution >= 4 is 27.4 Å². The van der Waals surface area contributed by atoms with Crippen LogP contribution in [-0.2, 0) is 23.0 Å². The van der Waals surface area contributed by atoms with E-state index in [0.717, 1.165) is 22.5 Å². The van der Waals surface area contributed by atoms with Gasteiger partial charge in [-0.05, 0) is 48.9 Å². The molecule has 3 aromatic rings. The fraction of sp³-hybridized carbons (Fsp3) is 0.286.